The molecule has 0 N–H and O–H groups in total. The minimum Gasteiger partial charge on any atom is -0.469 e. The van der Waals surface area contributed by atoms with Gasteiger partial charge in [-0.1, -0.05) is 48.2 Å². The van der Waals surface area contributed by atoms with Crippen LogP contribution in [0.3, 0.4) is 0 Å². The summed E-state index contributed by atoms with van der Waals surface area (Å²) >= 11 is 0. The van der Waals surface area contributed by atoms with Crippen LogP contribution in [-0.2, 0) is 30.7 Å². The van der Waals surface area contributed by atoms with Crippen LogP contribution in [0.15, 0.2) is 59.5 Å². The monoisotopic (exact) mass is 485 g/mol. The zero-order chi connectivity index (χ0) is 25.4. The topological polar surface area (TPSA) is 90.0 Å². The first kappa shape index (κ1) is 26.9. The van der Waals surface area contributed by atoms with E-state index >= 15 is 0 Å². The van der Waals surface area contributed by atoms with Crippen molar-refractivity contribution in [1.29, 1.82) is 0 Å². The molecule has 2 aromatic carbocycles. The van der Waals surface area contributed by atoms with Crippen LogP contribution >= 0.6 is 0 Å². The van der Waals surface area contributed by atoms with Crippen LogP contribution in [0.1, 0.15) is 44.7 Å². The highest BCUT2D eigenvalue weighted by atomic mass is 32.2. The Balaban J connectivity index is 2.14. The van der Waals surface area contributed by atoms with Crippen molar-refractivity contribution in [2.75, 3.05) is 14.2 Å². The van der Waals surface area contributed by atoms with E-state index in [1.165, 1.54) is 19.2 Å². The van der Waals surface area contributed by atoms with Gasteiger partial charge < -0.3 is 9.47 Å². The van der Waals surface area contributed by atoms with Crippen molar-refractivity contribution in [2.45, 2.75) is 50.5 Å². The van der Waals surface area contributed by atoms with E-state index in [0.29, 0.717) is 22.7 Å². The van der Waals surface area contributed by atoms with Gasteiger partial charge in [-0.2, -0.15) is 0 Å². The standard InChI is InChI=1S/C26H31NO6S/c1-26(2,3)33-25(29)27(4)34(30,31)23-16-10-14-21(19-23)13-9-15-22(24(28)32-5)18-17-20-11-7-6-8-12-20/h6-8,10-12,14,16,19,22H,15,17-18H2,1-5H3. The second-order valence-corrected chi connectivity index (χ2v) is 10.7. The predicted molar refractivity (Wildman–Crippen MR) is 129 cm³/mol. The number of ether oxygens (including phenoxy) is 2. The molecule has 1 atom stereocenters. The van der Waals surface area contributed by atoms with Gasteiger partial charge in [0.15, 0.2) is 0 Å². The second kappa shape index (κ2) is 11.7. The molecule has 1 unspecified atom stereocenters. The van der Waals surface area contributed by atoms with Crippen molar-refractivity contribution < 1.29 is 27.5 Å². The highest BCUT2D eigenvalue weighted by Crippen LogP contribution is 2.19. The van der Waals surface area contributed by atoms with Crippen molar-refractivity contribution in [3.8, 4) is 11.8 Å². The quantitative estimate of drug-likeness (QED) is 0.426. The average Bonchev–Trinajstić information content (AvgIpc) is 2.80. The molecule has 0 aromatic heterocycles. The lowest BCUT2D eigenvalue weighted by molar-refractivity contribution is -0.145. The van der Waals surface area contributed by atoms with Gasteiger partial charge in [0.2, 0.25) is 0 Å². The van der Waals surface area contributed by atoms with Crippen LogP contribution in [0, 0.1) is 17.8 Å². The second-order valence-electron chi connectivity index (χ2n) is 8.73. The molecule has 0 spiro atoms. The van der Waals surface area contributed by atoms with Crippen molar-refractivity contribution in [2.24, 2.45) is 5.92 Å². The van der Waals surface area contributed by atoms with Crippen molar-refractivity contribution in [3.63, 3.8) is 0 Å². The average molecular weight is 486 g/mol. The summed E-state index contributed by atoms with van der Waals surface area (Å²) in [6.07, 6.45) is 0.602. The van der Waals surface area contributed by atoms with Crippen LogP contribution in [-0.4, -0.2) is 44.5 Å². The first-order valence-electron chi connectivity index (χ1n) is 10.9. The van der Waals surface area contributed by atoms with Crippen LogP contribution in [0.4, 0.5) is 4.79 Å². The summed E-state index contributed by atoms with van der Waals surface area (Å²) < 4.78 is 36.4. The van der Waals surface area contributed by atoms with Crippen molar-refractivity contribution in [3.05, 3.63) is 65.7 Å². The number of esters is 1. The molecule has 0 aliphatic rings. The molecule has 0 radical (unpaired) electrons. The fourth-order valence-electron chi connectivity index (χ4n) is 3.05. The van der Waals surface area contributed by atoms with Gasteiger partial charge in [-0.3, -0.25) is 4.79 Å². The predicted octanol–water partition coefficient (Wildman–Crippen LogP) is 4.41. The van der Waals surface area contributed by atoms with E-state index in [9.17, 15) is 18.0 Å². The van der Waals surface area contributed by atoms with Crippen LogP contribution < -0.4 is 0 Å². The zero-order valence-electron chi connectivity index (χ0n) is 20.2. The molecule has 0 saturated heterocycles. The summed E-state index contributed by atoms with van der Waals surface area (Å²) in [7, 11) is -1.62. The van der Waals surface area contributed by atoms with E-state index in [1.807, 2.05) is 30.3 Å². The van der Waals surface area contributed by atoms with Gasteiger partial charge in [0.1, 0.15) is 5.60 Å². The maximum Gasteiger partial charge on any atom is 0.424 e. The Morgan fingerprint density at radius 1 is 1.06 bits per heavy atom. The highest BCUT2D eigenvalue weighted by molar-refractivity contribution is 7.89. The molecule has 0 bridgehead atoms. The third-order valence-corrected chi connectivity index (χ3v) is 6.60. The molecule has 34 heavy (non-hydrogen) atoms. The molecular weight excluding hydrogens is 454 g/mol. The lowest BCUT2D eigenvalue weighted by Gasteiger charge is -2.24. The van der Waals surface area contributed by atoms with Gasteiger partial charge in [-0.05, 0) is 57.4 Å². The Kier molecular flexibility index (Phi) is 9.28. The molecule has 0 saturated carbocycles. The Labute approximate surface area is 202 Å². The fraction of sp³-hybridized carbons (Fsp3) is 0.385. The number of nitrogens with zero attached hydrogens (tertiary/aromatic N) is 1. The maximum atomic E-state index is 12.9. The van der Waals surface area contributed by atoms with Gasteiger partial charge in [-0.15, -0.1) is 0 Å². The van der Waals surface area contributed by atoms with E-state index in [1.54, 1.807) is 32.9 Å². The van der Waals surface area contributed by atoms with E-state index in [0.717, 1.165) is 12.6 Å². The van der Waals surface area contributed by atoms with E-state index in [4.69, 9.17) is 9.47 Å². The van der Waals surface area contributed by atoms with E-state index in [-0.39, 0.29) is 17.3 Å². The summed E-state index contributed by atoms with van der Waals surface area (Å²) in [5.41, 5.74) is 0.743. The number of carbonyl (C=O) groups is 2. The molecule has 1 amide bonds. The Hall–Kier alpha value is -3.31. The van der Waals surface area contributed by atoms with Crippen LogP contribution in [0.25, 0.3) is 0 Å². The minimum absolute atomic E-state index is 0.0822. The summed E-state index contributed by atoms with van der Waals surface area (Å²) in [6, 6.07) is 15.8. The number of carbonyl (C=O) groups excluding carboxylic acids is 2. The number of sulfonamides is 1. The maximum absolute atomic E-state index is 12.9. The van der Waals surface area contributed by atoms with Crippen molar-refractivity contribution in [1.82, 2.24) is 4.31 Å². The Morgan fingerprint density at radius 3 is 2.35 bits per heavy atom. The molecule has 0 fully saturated rings. The Bertz CT molecular complexity index is 1160. The first-order chi connectivity index (χ1) is 15.9. The van der Waals surface area contributed by atoms with Crippen LogP contribution in [0.2, 0.25) is 0 Å². The Morgan fingerprint density at radius 2 is 1.74 bits per heavy atom. The molecule has 0 aliphatic carbocycles. The summed E-state index contributed by atoms with van der Waals surface area (Å²) in [4.78, 5) is 24.3. The summed E-state index contributed by atoms with van der Waals surface area (Å²) in [5.74, 6) is 5.15. The molecular formula is C26H31NO6S. The highest BCUT2D eigenvalue weighted by Gasteiger charge is 2.29. The summed E-state index contributed by atoms with van der Waals surface area (Å²) in [6.45, 7) is 4.97. The molecule has 2 aromatic rings. The normalized spacial score (nSPS) is 12.1. The number of methoxy groups -OCH3 is 1. The van der Waals surface area contributed by atoms with Gasteiger partial charge in [0.05, 0.1) is 17.9 Å². The van der Waals surface area contributed by atoms with Crippen molar-refractivity contribution >= 4 is 22.1 Å². The van der Waals surface area contributed by atoms with Crippen LogP contribution in [0.5, 0.6) is 0 Å². The lowest BCUT2D eigenvalue weighted by Crippen LogP contribution is -2.38. The molecule has 182 valence electrons. The number of benzene rings is 2. The molecule has 7 nitrogen and oxygen atoms in total. The molecule has 0 heterocycles. The third kappa shape index (κ3) is 7.92. The molecule has 0 aliphatic heterocycles. The summed E-state index contributed by atoms with van der Waals surface area (Å²) in [5, 5.41) is 0. The SMILES string of the molecule is COC(=O)C(CC#Cc1cccc(S(=O)(=O)N(C)C(=O)OC(C)(C)C)c1)CCc1ccccc1. The molecule has 2 rings (SSSR count). The fourth-order valence-corrected chi connectivity index (χ4v) is 4.12. The molecule has 8 heteroatoms. The minimum atomic E-state index is -4.11. The third-order valence-electron chi connectivity index (χ3n) is 4.88. The van der Waals surface area contributed by atoms with Gasteiger partial charge >= 0.3 is 12.1 Å². The van der Waals surface area contributed by atoms with Gasteiger partial charge in [0.25, 0.3) is 10.0 Å². The van der Waals surface area contributed by atoms with Gasteiger partial charge in [0, 0.05) is 19.0 Å². The number of hydrogen-bond donors (Lipinski definition) is 0. The van der Waals surface area contributed by atoms with Gasteiger partial charge in [-0.25, -0.2) is 17.5 Å². The number of aryl methyl sites for hydroxylation is 1. The zero-order valence-corrected chi connectivity index (χ0v) is 21.0. The first-order valence-corrected chi connectivity index (χ1v) is 12.3. The number of rotatable bonds is 7. The lowest BCUT2D eigenvalue weighted by atomic mass is 9.96. The smallest absolute Gasteiger partial charge is 0.424 e. The number of amides is 1. The van der Waals surface area contributed by atoms with E-state index in [2.05, 4.69) is 11.8 Å². The largest absolute Gasteiger partial charge is 0.469 e. The van der Waals surface area contributed by atoms with E-state index < -0.39 is 27.6 Å². The number of hydrogen-bond acceptors (Lipinski definition) is 6.